The number of nitrogens with zero attached hydrogens (tertiary/aromatic N) is 1. The molecule has 0 saturated carbocycles. The molecule has 7 heteroatoms. The van der Waals surface area contributed by atoms with Crippen LogP contribution in [-0.4, -0.2) is 30.5 Å². The zero-order chi connectivity index (χ0) is 18.2. The second-order valence-electron chi connectivity index (χ2n) is 5.24. The molecule has 2 rings (SSSR count). The summed E-state index contributed by atoms with van der Waals surface area (Å²) < 4.78 is 10.3. The number of carbonyl (C=O) groups excluding carboxylic acids is 2. The summed E-state index contributed by atoms with van der Waals surface area (Å²) in [4.78, 5) is 28.0. The predicted octanol–water partition coefficient (Wildman–Crippen LogP) is 2.30. The average molecular weight is 343 g/mol. The van der Waals surface area contributed by atoms with Crippen LogP contribution in [0, 0.1) is 0 Å². The van der Waals surface area contributed by atoms with Crippen LogP contribution >= 0.6 is 0 Å². The molecule has 0 saturated heterocycles. The Morgan fingerprint density at radius 3 is 2.40 bits per heavy atom. The van der Waals surface area contributed by atoms with Gasteiger partial charge < -0.3 is 20.1 Å². The Kier molecular flexibility index (Phi) is 6.33. The second kappa shape index (κ2) is 8.68. The number of hydrogen-bond acceptors (Lipinski definition) is 5. The number of amides is 2. The van der Waals surface area contributed by atoms with Crippen LogP contribution in [0.1, 0.15) is 25.5 Å². The van der Waals surface area contributed by atoms with E-state index in [0.717, 1.165) is 11.3 Å². The smallest absolute Gasteiger partial charge is 0.313 e. The third kappa shape index (κ3) is 5.20. The Bertz CT molecular complexity index is 714. The van der Waals surface area contributed by atoms with E-state index in [1.54, 1.807) is 19.1 Å². The zero-order valence-electron chi connectivity index (χ0n) is 14.4. The van der Waals surface area contributed by atoms with Crippen molar-refractivity contribution in [3.63, 3.8) is 0 Å². The van der Waals surface area contributed by atoms with Gasteiger partial charge >= 0.3 is 11.8 Å². The molecule has 1 aromatic heterocycles. The number of pyridine rings is 1. The number of nitrogens with one attached hydrogen (secondary N) is 2. The van der Waals surface area contributed by atoms with Gasteiger partial charge in [0.25, 0.3) is 0 Å². The SMILES string of the molecule is CCOc1ccc(C(C)NC(=O)C(=O)Nc2ccc(OC)nc2)cc1. The minimum absolute atomic E-state index is 0.317. The van der Waals surface area contributed by atoms with Crippen molar-refractivity contribution >= 4 is 17.5 Å². The van der Waals surface area contributed by atoms with Gasteiger partial charge in [-0.25, -0.2) is 4.98 Å². The van der Waals surface area contributed by atoms with Crippen molar-refractivity contribution < 1.29 is 19.1 Å². The van der Waals surface area contributed by atoms with Crippen LogP contribution in [0.3, 0.4) is 0 Å². The number of rotatable bonds is 6. The van der Waals surface area contributed by atoms with E-state index < -0.39 is 11.8 Å². The van der Waals surface area contributed by atoms with Gasteiger partial charge in [-0.15, -0.1) is 0 Å². The molecule has 0 aliphatic heterocycles. The summed E-state index contributed by atoms with van der Waals surface area (Å²) in [5.41, 5.74) is 1.28. The molecule has 0 spiro atoms. The van der Waals surface area contributed by atoms with E-state index in [0.29, 0.717) is 18.2 Å². The Hall–Kier alpha value is -3.09. The van der Waals surface area contributed by atoms with Crippen molar-refractivity contribution in [1.29, 1.82) is 0 Å². The maximum Gasteiger partial charge on any atom is 0.313 e. The predicted molar refractivity (Wildman–Crippen MR) is 93.6 cm³/mol. The molecule has 1 aromatic carbocycles. The number of benzene rings is 1. The van der Waals surface area contributed by atoms with E-state index in [9.17, 15) is 9.59 Å². The molecule has 1 heterocycles. The molecular formula is C18H21N3O4. The normalized spacial score (nSPS) is 11.3. The van der Waals surface area contributed by atoms with Crippen molar-refractivity contribution in [3.05, 3.63) is 48.2 Å². The molecule has 2 N–H and O–H groups in total. The fourth-order valence-corrected chi connectivity index (χ4v) is 2.13. The highest BCUT2D eigenvalue weighted by atomic mass is 16.5. The molecule has 2 aromatic rings. The molecule has 7 nitrogen and oxygen atoms in total. The standard InChI is InChI=1S/C18H21N3O4/c1-4-25-15-8-5-13(6-9-15)12(2)20-17(22)18(23)21-14-7-10-16(24-3)19-11-14/h5-12H,4H2,1-3H3,(H,20,22)(H,21,23). The van der Waals surface area contributed by atoms with Crippen LogP contribution in [0.15, 0.2) is 42.6 Å². The third-order valence-corrected chi connectivity index (χ3v) is 3.45. The van der Waals surface area contributed by atoms with Crippen LogP contribution in [0.5, 0.6) is 11.6 Å². The van der Waals surface area contributed by atoms with Gasteiger partial charge in [-0.2, -0.15) is 0 Å². The van der Waals surface area contributed by atoms with E-state index in [4.69, 9.17) is 9.47 Å². The highest BCUT2D eigenvalue weighted by Crippen LogP contribution is 2.17. The average Bonchev–Trinajstić information content (AvgIpc) is 2.63. The monoisotopic (exact) mass is 343 g/mol. The van der Waals surface area contributed by atoms with E-state index >= 15 is 0 Å². The van der Waals surface area contributed by atoms with Crippen LogP contribution in [0.2, 0.25) is 0 Å². The van der Waals surface area contributed by atoms with Crippen molar-refractivity contribution in [2.75, 3.05) is 19.0 Å². The number of aromatic nitrogens is 1. The number of methoxy groups -OCH3 is 1. The van der Waals surface area contributed by atoms with Crippen LogP contribution in [-0.2, 0) is 9.59 Å². The first kappa shape index (κ1) is 18.3. The van der Waals surface area contributed by atoms with Crippen molar-refractivity contribution in [2.24, 2.45) is 0 Å². The lowest BCUT2D eigenvalue weighted by molar-refractivity contribution is -0.136. The van der Waals surface area contributed by atoms with Gasteiger partial charge in [-0.05, 0) is 37.6 Å². The third-order valence-electron chi connectivity index (χ3n) is 3.45. The van der Waals surface area contributed by atoms with E-state index in [2.05, 4.69) is 15.6 Å². The molecule has 0 bridgehead atoms. The van der Waals surface area contributed by atoms with Gasteiger partial charge in [-0.3, -0.25) is 9.59 Å². The summed E-state index contributed by atoms with van der Waals surface area (Å²) in [7, 11) is 1.50. The van der Waals surface area contributed by atoms with Crippen LogP contribution in [0.25, 0.3) is 0 Å². The van der Waals surface area contributed by atoms with Crippen molar-refractivity contribution in [3.8, 4) is 11.6 Å². The van der Waals surface area contributed by atoms with Gasteiger partial charge in [0.2, 0.25) is 5.88 Å². The number of anilines is 1. The number of hydrogen-bond donors (Lipinski definition) is 2. The first-order chi connectivity index (χ1) is 12.0. The molecule has 0 aliphatic rings. The van der Waals surface area contributed by atoms with Crippen molar-refractivity contribution in [2.45, 2.75) is 19.9 Å². The van der Waals surface area contributed by atoms with E-state index in [-0.39, 0.29) is 6.04 Å². The molecule has 1 atom stereocenters. The summed E-state index contributed by atoms with van der Waals surface area (Å²) in [6.07, 6.45) is 1.42. The minimum Gasteiger partial charge on any atom is -0.494 e. The highest BCUT2D eigenvalue weighted by molar-refractivity contribution is 6.39. The van der Waals surface area contributed by atoms with Gasteiger partial charge in [0.1, 0.15) is 5.75 Å². The minimum atomic E-state index is -0.759. The Morgan fingerprint density at radius 1 is 1.12 bits per heavy atom. The fraction of sp³-hybridized carbons (Fsp3) is 0.278. The molecule has 0 fully saturated rings. The molecule has 2 amide bonds. The summed E-state index contributed by atoms with van der Waals surface area (Å²) in [6, 6.07) is 10.2. The van der Waals surface area contributed by atoms with Gasteiger partial charge in [-0.1, -0.05) is 12.1 Å². The Morgan fingerprint density at radius 2 is 1.84 bits per heavy atom. The molecule has 0 aliphatic carbocycles. The highest BCUT2D eigenvalue weighted by Gasteiger charge is 2.17. The molecule has 0 radical (unpaired) electrons. The lowest BCUT2D eigenvalue weighted by atomic mass is 10.1. The molecule has 132 valence electrons. The lowest BCUT2D eigenvalue weighted by Crippen LogP contribution is -2.36. The Balaban J connectivity index is 1.91. The summed E-state index contributed by atoms with van der Waals surface area (Å²) in [5, 5.41) is 5.14. The van der Waals surface area contributed by atoms with E-state index in [1.807, 2.05) is 31.2 Å². The lowest BCUT2D eigenvalue weighted by Gasteiger charge is -2.14. The first-order valence-electron chi connectivity index (χ1n) is 7.88. The summed E-state index contributed by atoms with van der Waals surface area (Å²) in [5.74, 6) is -0.303. The molecule has 1 unspecified atom stereocenters. The zero-order valence-corrected chi connectivity index (χ0v) is 14.4. The maximum absolute atomic E-state index is 12.0. The van der Waals surface area contributed by atoms with Crippen LogP contribution in [0.4, 0.5) is 5.69 Å². The number of carbonyl (C=O) groups is 2. The van der Waals surface area contributed by atoms with E-state index in [1.165, 1.54) is 13.3 Å². The van der Waals surface area contributed by atoms with Crippen molar-refractivity contribution in [1.82, 2.24) is 10.3 Å². The van der Waals surface area contributed by atoms with Gasteiger partial charge in [0, 0.05) is 6.07 Å². The fourth-order valence-electron chi connectivity index (χ4n) is 2.13. The first-order valence-corrected chi connectivity index (χ1v) is 7.88. The maximum atomic E-state index is 12.0. The quantitative estimate of drug-likeness (QED) is 0.786. The summed E-state index contributed by atoms with van der Waals surface area (Å²) >= 11 is 0. The van der Waals surface area contributed by atoms with Gasteiger partial charge in [0.15, 0.2) is 0 Å². The van der Waals surface area contributed by atoms with Crippen LogP contribution < -0.4 is 20.1 Å². The molecular weight excluding hydrogens is 322 g/mol. The van der Waals surface area contributed by atoms with Gasteiger partial charge in [0.05, 0.1) is 31.6 Å². The second-order valence-corrected chi connectivity index (χ2v) is 5.24. The topological polar surface area (TPSA) is 89.5 Å². The largest absolute Gasteiger partial charge is 0.494 e. The Labute approximate surface area is 146 Å². The number of ether oxygens (including phenoxy) is 2. The summed E-state index contributed by atoms with van der Waals surface area (Å²) in [6.45, 7) is 4.30. The molecule has 25 heavy (non-hydrogen) atoms.